The Kier molecular flexibility index (Phi) is 22.1. The molecular formula is C52H91N7O20. The summed E-state index contributed by atoms with van der Waals surface area (Å²) in [5.74, 6) is -1.47. The Labute approximate surface area is 463 Å². The number of likely N-dealkylation sites (tertiary alicyclic amines) is 1. The van der Waals surface area contributed by atoms with E-state index >= 15 is 0 Å². The van der Waals surface area contributed by atoms with Crippen LogP contribution >= 0.6 is 0 Å². The molecule has 0 spiro atoms. The number of nitrogens with zero attached hydrogens (tertiary/aromatic N) is 2. The zero-order valence-electron chi connectivity index (χ0n) is 49.0. The second kappa shape index (κ2) is 26.3. The van der Waals surface area contributed by atoms with E-state index in [-0.39, 0.29) is 51.3 Å². The van der Waals surface area contributed by atoms with Gasteiger partial charge in [0.05, 0.1) is 43.4 Å². The number of hydrogen-bond donors (Lipinski definition) is 10. The Morgan fingerprint density at radius 3 is 1.72 bits per heavy atom. The van der Waals surface area contributed by atoms with Crippen molar-refractivity contribution < 1.29 is 96.9 Å². The maximum absolute atomic E-state index is 14.1. The second-order valence-electron chi connectivity index (χ2n) is 25.8. The highest BCUT2D eigenvalue weighted by atomic mass is 16.7. The summed E-state index contributed by atoms with van der Waals surface area (Å²) in [5.41, 5.74) is -6.41. The van der Waals surface area contributed by atoms with Gasteiger partial charge in [-0.25, -0.2) is 24.0 Å². The van der Waals surface area contributed by atoms with Crippen molar-refractivity contribution in [1.29, 1.82) is 0 Å². The number of nitrogens with one attached hydrogen (secondary N) is 5. The number of aliphatic hydroxyl groups excluding tert-OH is 4. The SMILES string of the molecule is CN(C(=O)OC(C)(C)C)[C@@H]1[C@@H](O)[C@@H](O[C@@H]2[C@@H](O)[C@H](O[C@H]3OC(CNCC(O)CNC(=O)OC(C)(C)C)=CC[C@H]3NC(=O)OC(C)(C)C)[C@@H](NC(=O)OC(C)(C)C)C[C@H]2NC(=O)C(O)C2CN(C(=O)OC(C)(C)C)C2)OC[C@]1(C)O. The van der Waals surface area contributed by atoms with Crippen LogP contribution in [-0.2, 0) is 47.4 Å². The molecule has 10 N–H and O–H groups in total. The molecule has 2 unspecified atom stereocenters. The van der Waals surface area contributed by atoms with Gasteiger partial charge >= 0.3 is 30.5 Å². The Morgan fingerprint density at radius 1 is 0.696 bits per heavy atom. The molecule has 4 aliphatic rings. The van der Waals surface area contributed by atoms with E-state index in [1.165, 1.54) is 18.9 Å². The van der Waals surface area contributed by atoms with Gasteiger partial charge in [0.25, 0.3) is 0 Å². The fraction of sp³-hybridized carbons (Fsp3) is 0.846. The molecule has 3 aliphatic heterocycles. The highest BCUT2D eigenvalue weighted by Gasteiger charge is 2.55. The van der Waals surface area contributed by atoms with Gasteiger partial charge in [-0.2, -0.15) is 0 Å². The van der Waals surface area contributed by atoms with Crippen LogP contribution in [-0.4, -0.2) is 225 Å². The minimum absolute atomic E-state index is 0.0202. The summed E-state index contributed by atoms with van der Waals surface area (Å²) in [6.07, 6.45) is -15.9. The summed E-state index contributed by atoms with van der Waals surface area (Å²) in [4.78, 5) is 81.8. The lowest BCUT2D eigenvalue weighted by molar-refractivity contribution is -0.311. The summed E-state index contributed by atoms with van der Waals surface area (Å²) >= 11 is 0. The van der Waals surface area contributed by atoms with E-state index in [1.807, 2.05) is 0 Å². The van der Waals surface area contributed by atoms with Crippen LogP contribution in [0.5, 0.6) is 0 Å². The van der Waals surface area contributed by atoms with Crippen LogP contribution in [0, 0.1) is 5.92 Å². The summed E-state index contributed by atoms with van der Waals surface area (Å²) in [6, 6.07) is -5.18. The predicted octanol–water partition coefficient (Wildman–Crippen LogP) is 1.83. The number of ether oxygens (including phenoxy) is 9. The number of likely N-dealkylation sites (N-methyl/N-ethyl adjacent to an activating group) is 1. The molecule has 27 nitrogen and oxygen atoms in total. The van der Waals surface area contributed by atoms with Gasteiger partial charge < -0.3 is 105 Å². The van der Waals surface area contributed by atoms with Crippen molar-refractivity contribution in [2.24, 2.45) is 5.92 Å². The first-order chi connectivity index (χ1) is 36.0. The maximum Gasteiger partial charge on any atom is 0.410 e. The van der Waals surface area contributed by atoms with E-state index < -0.39 is 156 Å². The third-order valence-electron chi connectivity index (χ3n) is 12.2. The lowest BCUT2D eigenvalue weighted by atomic mass is 9.82. The van der Waals surface area contributed by atoms with Crippen LogP contribution in [0.15, 0.2) is 11.8 Å². The van der Waals surface area contributed by atoms with Crippen molar-refractivity contribution in [3.05, 3.63) is 11.8 Å². The molecule has 0 aromatic heterocycles. The number of carbonyl (C=O) groups is 6. The van der Waals surface area contributed by atoms with E-state index in [9.17, 15) is 54.3 Å². The molecule has 0 aromatic rings. The van der Waals surface area contributed by atoms with Crippen LogP contribution in [0.25, 0.3) is 0 Å². The molecule has 1 aliphatic carbocycles. The van der Waals surface area contributed by atoms with Gasteiger partial charge in [0, 0.05) is 39.1 Å². The first-order valence-corrected chi connectivity index (χ1v) is 26.6. The van der Waals surface area contributed by atoms with E-state index in [4.69, 9.17) is 42.6 Å². The van der Waals surface area contributed by atoms with Gasteiger partial charge in [0.15, 0.2) is 6.29 Å². The van der Waals surface area contributed by atoms with Crippen molar-refractivity contribution in [3.8, 4) is 0 Å². The molecule has 13 atom stereocenters. The standard InChI is InChI=1S/C52H91N7O20/c1-47(2,3)75-42(65)54-22-28(60)21-53-23-29-18-19-30(56-43(66)76-48(4,5)6)40(72-29)73-37-32(57-44(67)77-49(7,8)9)20-31(55-39(64)33(61)27-24-59(25-27)46(69)79-51(13,14)15)36(34(37)62)74-41-35(63)38(52(16,70)26-71-41)58(17)45(68)78-50(10,11)12/h18,27-28,30-38,40-41,53,60-63,70H,19-26H2,1-17H3,(H,54,65)(H,55,64)(H,56,66)(H,57,67)/t28?,30-,31-,32+,33?,34-,35-,36+,37-,38-,40-,41-,52+/m1/s1. The molecule has 0 bridgehead atoms. The Balaban J connectivity index is 1.73. The van der Waals surface area contributed by atoms with Gasteiger partial charge in [-0.05, 0) is 130 Å². The molecular weight excluding hydrogens is 1040 g/mol. The van der Waals surface area contributed by atoms with Gasteiger partial charge in [-0.3, -0.25) is 4.79 Å². The van der Waals surface area contributed by atoms with Gasteiger partial charge in [-0.1, -0.05) is 0 Å². The number of alkyl carbamates (subject to hydrolysis) is 3. The van der Waals surface area contributed by atoms with Crippen LogP contribution in [0.4, 0.5) is 24.0 Å². The number of hydrogen-bond acceptors (Lipinski definition) is 21. The zero-order chi connectivity index (χ0) is 60.0. The molecule has 1 saturated carbocycles. The van der Waals surface area contributed by atoms with Crippen LogP contribution < -0.4 is 26.6 Å². The summed E-state index contributed by atoms with van der Waals surface area (Å²) in [6.45, 7) is 25.5. The highest BCUT2D eigenvalue weighted by molar-refractivity contribution is 5.82. The molecule has 454 valence electrons. The Morgan fingerprint density at radius 2 is 1.19 bits per heavy atom. The summed E-state index contributed by atoms with van der Waals surface area (Å²) in [5, 5.41) is 72.1. The van der Waals surface area contributed by atoms with E-state index in [2.05, 4.69) is 26.6 Å². The third kappa shape index (κ3) is 21.1. The quantitative estimate of drug-likeness (QED) is 0.0986. The largest absolute Gasteiger partial charge is 0.466 e. The fourth-order valence-electron chi connectivity index (χ4n) is 8.86. The van der Waals surface area contributed by atoms with Crippen LogP contribution in [0.3, 0.4) is 0 Å². The second-order valence-corrected chi connectivity index (χ2v) is 25.8. The van der Waals surface area contributed by atoms with Gasteiger partial charge in [0.2, 0.25) is 12.2 Å². The monoisotopic (exact) mass is 1130 g/mol. The van der Waals surface area contributed by atoms with Crippen molar-refractivity contribution in [2.45, 2.75) is 231 Å². The molecule has 6 amide bonds. The summed E-state index contributed by atoms with van der Waals surface area (Å²) in [7, 11) is 1.30. The van der Waals surface area contributed by atoms with Crippen LogP contribution in [0.1, 0.15) is 124 Å². The fourth-order valence-corrected chi connectivity index (χ4v) is 8.86. The van der Waals surface area contributed by atoms with Crippen molar-refractivity contribution in [1.82, 2.24) is 36.4 Å². The van der Waals surface area contributed by atoms with E-state index in [0.29, 0.717) is 0 Å². The van der Waals surface area contributed by atoms with Crippen molar-refractivity contribution in [3.63, 3.8) is 0 Å². The first kappa shape index (κ1) is 66.5. The number of rotatable bonds is 16. The topological polar surface area (TPSA) is 353 Å². The summed E-state index contributed by atoms with van der Waals surface area (Å²) < 4.78 is 52.7. The van der Waals surface area contributed by atoms with E-state index in [1.54, 1.807) is 110 Å². The smallest absolute Gasteiger partial charge is 0.410 e. The minimum Gasteiger partial charge on any atom is -0.466 e. The van der Waals surface area contributed by atoms with Crippen molar-refractivity contribution in [2.75, 3.05) is 46.4 Å². The highest BCUT2D eigenvalue weighted by Crippen LogP contribution is 2.35. The lowest BCUT2D eigenvalue weighted by Crippen LogP contribution is -2.71. The Bertz CT molecular complexity index is 2120. The molecule has 0 aromatic carbocycles. The van der Waals surface area contributed by atoms with Crippen molar-refractivity contribution >= 4 is 36.4 Å². The normalized spacial score (nSPS) is 28.7. The zero-order valence-corrected chi connectivity index (χ0v) is 49.0. The minimum atomic E-state index is -1.95. The molecule has 0 radical (unpaired) electrons. The first-order valence-electron chi connectivity index (χ1n) is 26.6. The third-order valence-corrected chi connectivity index (χ3v) is 12.2. The molecule has 3 heterocycles. The number of aliphatic hydroxyl groups is 5. The molecule has 79 heavy (non-hydrogen) atoms. The van der Waals surface area contributed by atoms with E-state index in [0.717, 1.165) is 4.90 Å². The average molecular weight is 1130 g/mol. The molecule has 3 fully saturated rings. The Hall–Kier alpha value is -5.00. The predicted molar refractivity (Wildman–Crippen MR) is 281 cm³/mol. The molecule has 27 heteroatoms. The molecule has 4 rings (SSSR count). The van der Waals surface area contributed by atoms with Gasteiger partial charge in [0.1, 0.15) is 69.9 Å². The maximum atomic E-state index is 14.1. The molecule has 2 saturated heterocycles. The number of amides is 6. The number of carbonyl (C=O) groups excluding carboxylic acids is 6. The lowest BCUT2D eigenvalue weighted by Gasteiger charge is -2.50. The average Bonchev–Trinajstić information content (AvgIpc) is 3.23. The van der Waals surface area contributed by atoms with Crippen LogP contribution in [0.2, 0.25) is 0 Å². The van der Waals surface area contributed by atoms with Gasteiger partial charge in [-0.15, -0.1) is 0 Å².